The predicted octanol–water partition coefficient (Wildman–Crippen LogP) is 4.69. The van der Waals surface area contributed by atoms with Gasteiger partial charge in [0.2, 0.25) is 0 Å². The molecule has 0 radical (unpaired) electrons. The second kappa shape index (κ2) is 5.31. The number of nitrogens with zero attached hydrogens (tertiary/aromatic N) is 1. The topological polar surface area (TPSA) is 29.5 Å². The average Bonchev–Trinajstić information content (AvgIpc) is 2.45. The maximum absolute atomic E-state index is 12.4. The van der Waals surface area contributed by atoms with Crippen LogP contribution in [0.4, 0.5) is 4.79 Å². The molecule has 0 spiro atoms. The summed E-state index contributed by atoms with van der Waals surface area (Å²) < 4.78 is 5.54. The minimum absolute atomic E-state index is 0.0446. The number of fused-ring (bicyclic) bond motifs is 3. The van der Waals surface area contributed by atoms with Gasteiger partial charge in [-0.1, -0.05) is 36.4 Å². The van der Waals surface area contributed by atoms with Gasteiger partial charge < -0.3 is 9.64 Å². The fourth-order valence-corrected chi connectivity index (χ4v) is 3.19. The lowest BCUT2D eigenvalue weighted by Gasteiger charge is -2.36. The molecule has 0 aliphatic carbocycles. The van der Waals surface area contributed by atoms with E-state index in [0.29, 0.717) is 6.54 Å². The van der Waals surface area contributed by atoms with E-state index in [2.05, 4.69) is 43.3 Å². The molecule has 3 nitrogen and oxygen atoms in total. The van der Waals surface area contributed by atoms with E-state index in [-0.39, 0.29) is 12.1 Å². The highest BCUT2D eigenvalue weighted by atomic mass is 16.6. The molecule has 1 aliphatic heterocycles. The summed E-state index contributed by atoms with van der Waals surface area (Å²) in [5.74, 6) is 0. The maximum atomic E-state index is 12.4. The molecule has 1 aliphatic rings. The molecule has 3 rings (SSSR count). The highest BCUT2D eigenvalue weighted by molar-refractivity contribution is 5.87. The van der Waals surface area contributed by atoms with Gasteiger partial charge in [0.15, 0.2) is 0 Å². The van der Waals surface area contributed by atoms with Gasteiger partial charge in [0.1, 0.15) is 5.60 Å². The zero-order chi connectivity index (χ0) is 15.9. The Hall–Kier alpha value is -2.03. The molecule has 3 heteroatoms. The molecule has 2 aromatic rings. The number of rotatable bonds is 0. The van der Waals surface area contributed by atoms with Gasteiger partial charge in [-0.2, -0.15) is 0 Å². The standard InChI is InChI=1S/C19H23NO2/c1-13-15-10-9-14-7-5-6-8-16(14)17(15)11-12-20(13)18(21)22-19(2,3)4/h5-10,13H,11-12H2,1-4H3/t13-/m1/s1. The fraction of sp³-hybridized carbons (Fsp3) is 0.421. The number of hydrogen-bond donors (Lipinski definition) is 0. The van der Waals surface area contributed by atoms with Crippen molar-refractivity contribution in [3.8, 4) is 0 Å². The number of carbonyl (C=O) groups is 1. The smallest absolute Gasteiger partial charge is 0.410 e. The highest BCUT2D eigenvalue weighted by Crippen LogP contribution is 2.34. The van der Waals surface area contributed by atoms with E-state index in [1.165, 1.54) is 21.9 Å². The van der Waals surface area contributed by atoms with Gasteiger partial charge >= 0.3 is 6.09 Å². The van der Waals surface area contributed by atoms with E-state index in [1.54, 1.807) is 0 Å². The van der Waals surface area contributed by atoms with Crippen LogP contribution in [-0.2, 0) is 11.2 Å². The minimum Gasteiger partial charge on any atom is -0.444 e. The Morgan fingerprint density at radius 3 is 2.64 bits per heavy atom. The molecule has 0 bridgehead atoms. The quantitative estimate of drug-likeness (QED) is 0.705. The SMILES string of the molecule is C[C@@H]1c2ccc3ccccc3c2CCN1C(=O)OC(C)(C)C. The highest BCUT2D eigenvalue weighted by Gasteiger charge is 2.31. The fourth-order valence-electron chi connectivity index (χ4n) is 3.19. The number of benzene rings is 2. The number of hydrogen-bond acceptors (Lipinski definition) is 2. The van der Waals surface area contributed by atoms with Gasteiger partial charge in [-0.15, -0.1) is 0 Å². The van der Waals surface area contributed by atoms with Crippen LogP contribution in [0.1, 0.15) is 44.9 Å². The monoisotopic (exact) mass is 297 g/mol. The Morgan fingerprint density at radius 1 is 1.18 bits per heavy atom. The molecule has 1 heterocycles. The van der Waals surface area contributed by atoms with Gasteiger partial charge in [0.05, 0.1) is 6.04 Å². The van der Waals surface area contributed by atoms with Gasteiger partial charge in [-0.05, 0) is 56.0 Å². The molecule has 2 aromatic carbocycles. The summed E-state index contributed by atoms with van der Waals surface area (Å²) >= 11 is 0. The van der Waals surface area contributed by atoms with Gasteiger partial charge in [-0.3, -0.25) is 0 Å². The number of amides is 1. The zero-order valence-electron chi connectivity index (χ0n) is 13.7. The van der Waals surface area contributed by atoms with E-state index < -0.39 is 5.60 Å². The summed E-state index contributed by atoms with van der Waals surface area (Å²) in [5.41, 5.74) is 2.14. The first-order valence-electron chi connectivity index (χ1n) is 7.87. The Balaban J connectivity index is 1.94. The minimum atomic E-state index is -0.458. The van der Waals surface area contributed by atoms with Crippen molar-refractivity contribution in [1.29, 1.82) is 0 Å². The third kappa shape index (κ3) is 2.68. The zero-order valence-corrected chi connectivity index (χ0v) is 13.7. The van der Waals surface area contributed by atoms with Crippen LogP contribution in [0.2, 0.25) is 0 Å². The van der Waals surface area contributed by atoms with Crippen LogP contribution < -0.4 is 0 Å². The van der Waals surface area contributed by atoms with E-state index in [1.807, 2.05) is 25.7 Å². The van der Waals surface area contributed by atoms with Crippen LogP contribution in [0.3, 0.4) is 0 Å². The van der Waals surface area contributed by atoms with Crippen LogP contribution in [0.5, 0.6) is 0 Å². The summed E-state index contributed by atoms with van der Waals surface area (Å²) in [6, 6.07) is 12.8. The molecule has 0 unspecified atom stereocenters. The maximum Gasteiger partial charge on any atom is 0.410 e. The Bertz CT molecular complexity index is 715. The van der Waals surface area contributed by atoms with E-state index in [0.717, 1.165) is 6.42 Å². The molecule has 1 atom stereocenters. The number of ether oxygens (including phenoxy) is 1. The molecule has 0 saturated carbocycles. The molecule has 116 valence electrons. The Kier molecular flexibility index (Phi) is 3.59. The summed E-state index contributed by atoms with van der Waals surface area (Å²) in [6.45, 7) is 8.50. The normalized spacial score (nSPS) is 18.2. The third-order valence-electron chi connectivity index (χ3n) is 4.23. The molecule has 1 amide bonds. The van der Waals surface area contributed by atoms with Gasteiger partial charge in [0, 0.05) is 6.54 Å². The average molecular weight is 297 g/mol. The van der Waals surface area contributed by atoms with Crippen LogP contribution in [-0.4, -0.2) is 23.1 Å². The first kappa shape index (κ1) is 14.9. The lowest BCUT2D eigenvalue weighted by molar-refractivity contribution is 0.0160. The first-order chi connectivity index (χ1) is 10.4. The van der Waals surface area contributed by atoms with Crippen molar-refractivity contribution in [3.63, 3.8) is 0 Å². The Morgan fingerprint density at radius 2 is 1.91 bits per heavy atom. The van der Waals surface area contributed by atoms with Crippen molar-refractivity contribution in [1.82, 2.24) is 4.90 Å². The van der Waals surface area contributed by atoms with Gasteiger partial charge in [0.25, 0.3) is 0 Å². The molecule has 0 aromatic heterocycles. The second-order valence-electron chi connectivity index (χ2n) is 6.95. The van der Waals surface area contributed by atoms with Crippen molar-refractivity contribution >= 4 is 16.9 Å². The molecular formula is C19H23NO2. The molecule has 0 N–H and O–H groups in total. The second-order valence-corrected chi connectivity index (χ2v) is 6.95. The summed E-state index contributed by atoms with van der Waals surface area (Å²) in [5, 5.41) is 2.56. The lowest BCUT2D eigenvalue weighted by Crippen LogP contribution is -2.42. The summed E-state index contributed by atoms with van der Waals surface area (Å²) in [4.78, 5) is 14.2. The van der Waals surface area contributed by atoms with Crippen molar-refractivity contribution in [3.05, 3.63) is 47.5 Å². The largest absolute Gasteiger partial charge is 0.444 e. The molecular weight excluding hydrogens is 274 g/mol. The van der Waals surface area contributed by atoms with Crippen molar-refractivity contribution in [2.24, 2.45) is 0 Å². The molecule has 0 saturated heterocycles. The van der Waals surface area contributed by atoms with Crippen LogP contribution in [0.25, 0.3) is 10.8 Å². The van der Waals surface area contributed by atoms with Crippen LogP contribution in [0.15, 0.2) is 36.4 Å². The van der Waals surface area contributed by atoms with Crippen molar-refractivity contribution in [2.75, 3.05) is 6.54 Å². The summed E-state index contributed by atoms with van der Waals surface area (Å²) in [7, 11) is 0. The van der Waals surface area contributed by atoms with Gasteiger partial charge in [-0.25, -0.2) is 4.79 Å². The summed E-state index contributed by atoms with van der Waals surface area (Å²) in [6.07, 6.45) is 0.652. The van der Waals surface area contributed by atoms with Crippen LogP contribution >= 0.6 is 0 Å². The van der Waals surface area contributed by atoms with Crippen molar-refractivity contribution < 1.29 is 9.53 Å². The molecule has 0 fully saturated rings. The van der Waals surface area contributed by atoms with E-state index in [9.17, 15) is 4.79 Å². The first-order valence-corrected chi connectivity index (χ1v) is 7.87. The molecule has 22 heavy (non-hydrogen) atoms. The van der Waals surface area contributed by atoms with Crippen molar-refractivity contribution in [2.45, 2.75) is 45.8 Å². The van der Waals surface area contributed by atoms with E-state index in [4.69, 9.17) is 4.74 Å². The third-order valence-corrected chi connectivity index (χ3v) is 4.23. The predicted molar refractivity (Wildman–Crippen MR) is 89.0 cm³/mol. The Labute approximate surface area is 131 Å². The van der Waals surface area contributed by atoms with Crippen LogP contribution in [0, 0.1) is 0 Å². The van der Waals surface area contributed by atoms with E-state index >= 15 is 0 Å². The lowest BCUT2D eigenvalue weighted by atomic mass is 9.89. The number of carbonyl (C=O) groups excluding carboxylic acids is 1.